The first-order chi connectivity index (χ1) is 13.2. The first-order valence-corrected chi connectivity index (χ1v) is 8.63. The highest BCUT2D eigenvalue weighted by molar-refractivity contribution is 5.63. The van der Waals surface area contributed by atoms with Crippen molar-refractivity contribution in [1.29, 1.82) is 0 Å². The molecule has 0 atom stereocenters. The molecular formula is C20H20N4O3. The molecule has 0 saturated carbocycles. The third-order valence-electron chi connectivity index (χ3n) is 3.99. The van der Waals surface area contributed by atoms with Crippen molar-refractivity contribution in [2.75, 3.05) is 31.0 Å². The second-order valence-corrected chi connectivity index (χ2v) is 6.06. The van der Waals surface area contributed by atoms with Crippen LogP contribution in [0.15, 0.2) is 48.5 Å². The zero-order valence-electron chi connectivity index (χ0n) is 15.2. The van der Waals surface area contributed by atoms with E-state index < -0.39 is 0 Å². The third kappa shape index (κ3) is 4.03. The summed E-state index contributed by atoms with van der Waals surface area (Å²) in [5.41, 5.74) is 2.56. The summed E-state index contributed by atoms with van der Waals surface area (Å²) >= 11 is 0. The third-order valence-corrected chi connectivity index (χ3v) is 3.99. The molecule has 7 nitrogen and oxygen atoms in total. The van der Waals surface area contributed by atoms with Gasteiger partial charge in [-0.05, 0) is 31.2 Å². The van der Waals surface area contributed by atoms with Gasteiger partial charge >= 0.3 is 0 Å². The van der Waals surface area contributed by atoms with Crippen molar-refractivity contribution < 1.29 is 14.2 Å². The van der Waals surface area contributed by atoms with Gasteiger partial charge in [0.1, 0.15) is 24.8 Å². The smallest absolute Gasteiger partial charge is 0.229 e. The van der Waals surface area contributed by atoms with Crippen LogP contribution in [0.25, 0.3) is 0 Å². The molecule has 2 N–H and O–H groups in total. The number of fused-ring (bicyclic) bond motifs is 1. The molecule has 0 unspecified atom stereocenters. The Morgan fingerprint density at radius 1 is 0.889 bits per heavy atom. The quantitative estimate of drug-likeness (QED) is 0.707. The lowest BCUT2D eigenvalue weighted by atomic mass is 10.2. The predicted molar refractivity (Wildman–Crippen MR) is 104 cm³/mol. The van der Waals surface area contributed by atoms with Gasteiger partial charge in [0.05, 0.1) is 7.11 Å². The van der Waals surface area contributed by atoms with E-state index in [1.165, 1.54) is 0 Å². The van der Waals surface area contributed by atoms with Crippen LogP contribution in [0.5, 0.6) is 17.2 Å². The average Bonchev–Trinajstić information content (AvgIpc) is 2.67. The molecular weight excluding hydrogens is 344 g/mol. The second kappa shape index (κ2) is 7.41. The van der Waals surface area contributed by atoms with Gasteiger partial charge in [-0.15, -0.1) is 0 Å². The summed E-state index contributed by atoms with van der Waals surface area (Å²) in [5, 5.41) is 6.50. The number of benzene rings is 2. The normalized spacial score (nSPS) is 12.4. The topological polar surface area (TPSA) is 77.5 Å². The lowest BCUT2D eigenvalue weighted by Gasteiger charge is -2.19. The van der Waals surface area contributed by atoms with Crippen LogP contribution < -0.4 is 24.8 Å². The van der Waals surface area contributed by atoms with E-state index in [1.54, 1.807) is 7.11 Å². The Hall–Kier alpha value is -3.48. The zero-order chi connectivity index (χ0) is 18.6. The van der Waals surface area contributed by atoms with Crippen LogP contribution >= 0.6 is 0 Å². The Morgan fingerprint density at radius 3 is 2.56 bits per heavy atom. The van der Waals surface area contributed by atoms with Gasteiger partial charge in [0.25, 0.3) is 0 Å². The summed E-state index contributed by atoms with van der Waals surface area (Å²) in [6, 6.07) is 15.2. The van der Waals surface area contributed by atoms with Gasteiger partial charge < -0.3 is 24.8 Å². The van der Waals surface area contributed by atoms with Crippen molar-refractivity contribution in [3.05, 3.63) is 54.2 Å². The fraction of sp³-hybridized carbons (Fsp3) is 0.200. The van der Waals surface area contributed by atoms with E-state index in [0.717, 1.165) is 28.6 Å². The molecule has 0 saturated heterocycles. The number of nitrogens with one attached hydrogen (secondary N) is 2. The number of hydrogen-bond donors (Lipinski definition) is 2. The molecule has 4 rings (SSSR count). The fourth-order valence-electron chi connectivity index (χ4n) is 2.79. The molecule has 1 aliphatic heterocycles. The van der Waals surface area contributed by atoms with Crippen LogP contribution in [0, 0.1) is 6.92 Å². The molecule has 2 aromatic carbocycles. The van der Waals surface area contributed by atoms with Crippen molar-refractivity contribution in [2.24, 2.45) is 0 Å². The summed E-state index contributed by atoms with van der Waals surface area (Å²) in [6.07, 6.45) is 0. The number of anilines is 4. The van der Waals surface area contributed by atoms with Crippen LogP contribution in [0.3, 0.4) is 0 Å². The molecule has 0 radical (unpaired) electrons. The number of hydrogen-bond acceptors (Lipinski definition) is 7. The maximum atomic E-state index is 5.62. The van der Waals surface area contributed by atoms with E-state index in [2.05, 4.69) is 20.6 Å². The van der Waals surface area contributed by atoms with Gasteiger partial charge in [0, 0.05) is 35.3 Å². The van der Waals surface area contributed by atoms with Gasteiger partial charge in [-0.2, -0.15) is 4.98 Å². The first kappa shape index (κ1) is 17.0. The highest BCUT2D eigenvalue weighted by Gasteiger charge is 2.12. The van der Waals surface area contributed by atoms with Gasteiger partial charge in [0.15, 0.2) is 11.5 Å². The maximum absolute atomic E-state index is 5.62. The Labute approximate surface area is 157 Å². The minimum Gasteiger partial charge on any atom is -0.497 e. The van der Waals surface area contributed by atoms with Crippen LogP contribution in [-0.2, 0) is 0 Å². The van der Waals surface area contributed by atoms with E-state index >= 15 is 0 Å². The molecule has 0 fully saturated rings. The maximum Gasteiger partial charge on any atom is 0.229 e. The molecule has 0 bridgehead atoms. The lowest BCUT2D eigenvalue weighted by molar-refractivity contribution is 0.171. The molecule has 2 heterocycles. The van der Waals surface area contributed by atoms with Crippen molar-refractivity contribution in [2.45, 2.75) is 6.92 Å². The Morgan fingerprint density at radius 2 is 1.70 bits per heavy atom. The molecule has 0 spiro atoms. The molecule has 138 valence electrons. The van der Waals surface area contributed by atoms with E-state index in [9.17, 15) is 0 Å². The number of methoxy groups -OCH3 is 1. The SMILES string of the molecule is COc1cccc(Nc2cc(C)nc(Nc3ccc4c(c3)OCCO4)n2)c1. The molecule has 0 amide bonds. The zero-order valence-corrected chi connectivity index (χ0v) is 15.2. The Bertz CT molecular complexity index is 962. The number of nitrogens with zero attached hydrogens (tertiary/aromatic N) is 2. The standard InChI is InChI=1S/C20H20N4O3/c1-13-10-19(22-14-4-3-5-16(11-14)25-2)24-20(21-13)23-15-6-7-17-18(12-15)27-9-8-26-17/h3-7,10-12H,8-9H2,1-2H3,(H2,21,22,23,24). The second-order valence-electron chi connectivity index (χ2n) is 6.06. The summed E-state index contributed by atoms with van der Waals surface area (Å²) in [6.45, 7) is 3.04. The minimum absolute atomic E-state index is 0.497. The molecule has 1 aliphatic rings. The summed E-state index contributed by atoms with van der Waals surface area (Å²) in [5.74, 6) is 3.43. The van der Waals surface area contributed by atoms with Crippen LogP contribution in [0.2, 0.25) is 0 Å². The monoisotopic (exact) mass is 364 g/mol. The van der Waals surface area contributed by atoms with Crippen molar-refractivity contribution in [3.8, 4) is 17.2 Å². The molecule has 0 aliphatic carbocycles. The summed E-state index contributed by atoms with van der Waals surface area (Å²) in [7, 11) is 1.64. The van der Waals surface area contributed by atoms with E-state index in [1.807, 2.05) is 55.5 Å². The van der Waals surface area contributed by atoms with Crippen LogP contribution in [0.1, 0.15) is 5.69 Å². The van der Waals surface area contributed by atoms with Crippen LogP contribution in [-0.4, -0.2) is 30.3 Å². The highest BCUT2D eigenvalue weighted by atomic mass is 16.6. The molecule has 7 heteroatoms. The van der Waals surface area contributed by atoms with Gasteiger partial charge in [-0.3, -0.25) is 0 Å². The van der Waals surface area contributed by atoms with Crippen molar-refractivity contribution in [1.82, 2.24) is 9.97 Å². The number of aryl methyl sites for hydroxylation is 1. The Kier molecular flexibility index (Phi) is 4.65. The van der Waals surface area contributed by atoms with Gasteiger partial charge in [0.2, 0.25) is 5.95 Å². The average molecular weight is 364 g/mol. The van der Waals surface area contributed by atoms with E-state index in [-0.39, 0.29) is 0 Å². The molecule has 3 aromatic rings. The number of ether oxygens (including phenoxy) is 3. The molecule has 27 heavy (non-hydrogen) atoms. The minimum atomic E-state index is 0.497. The fourth-order valence-corrected chi connectivity index (χ4v) is 2.79. The summed E-state index contributed by atoms with van der Waals surface area (Å²) < 4.78 is 16.4. The van der Waals surface area contributed by atoms with Gasteiger partial charge in [-0.1, -0.05) is 6.07 Å². The van der Waals surface area contributed by atoms with Crippen molar-refractivity contribution in [3.63, 3.8) is 0 Å². The highest BCUT2D eigenvalue weighted by Crippen LogP contribution is 2.33. The lowest BCUT2D eigenvalue weighted by Crippen LogP contribution is -2.15. The molecule has 1 aromatic heterocycles. The van der Waals surface area contributed by atoms with Gasteiger partial charge in [-0.25, -0.2) is 4.98 Å². The Balaban J connectivity index is 1.55. The van der Waals surface area contributed by atoms with E-state index in [4.69, 9.17) is 14.2 Å². The largest absolute Gasteiger partial charge is 0.497 e. The van der Waals surface area contributed by atoms with E-state index in [0.29, 0.717) is 30.7 Å². The number of rotatable bonds is 5. The number of aromatic nitrogens is 2. The first-order valence-electron chi connectivity index (χ1n) is 8.63. The predicted octanol–water partition coefficient (Wildman–Crippen LogP) is 4.05. The van der Waals surface area contributed by atoms with Crippen LogP contribution in [0.4, 0.5) is 23.1 Å². The summed E-state index contributed by atoms with van der Waals surface area (Å²) in [4.78, 5) is 9.00. The van der Waals surface area contributed by atoms with Crippen molar-refractivity contribution >= 4 is 23.1 Å².